The summed E-state index contributed by atoms with van der Waals surface area (Å²) in [6, 6.07) is 0. The second-order valence-corrected chi connectivity index (χ2v) is 4.81. The van der Waals surface area contributed by atoms with Crippen LogP contribution < -0.4 is 0 Å². The van der Waals surface area contributed by atoms with Crippen molar-refractivity contribution in [3.63, 3.8) is 0 Å². The van der Waals surface area contributed by atoms with Crippen molar-refractivity contribution in [2.24, 2.45) is 11.8 Å². The summed E-state index contributed by atoms with van der Waals surface area (Å²) in [4.78, 5) is 11.4. The smallest absolute Gasteiger partial charge is 0.306 e. The third kappa shape index (κ3) is 9.75. The molecule has 0 aliphatic rings. The summed E-state index contributed by atoms with van der Waals surface area (Å²) < 4.78 is 5.11. The van der Waals surface area contributed by atoms with Crippen LogP contribution in [0.1, 0.15) is 53.4 Å². The Morgan fingerprint density at radius 3 is 2.56 bits per heavy atom. The molecule has 0 aromatic carbocycles. The second-order valence-electron chi connectivity index (χ2n) is 4.81. The molecule has 2 nitrogen and oxygen atoms in total. The van der Waals surface area contributed by atoms with E-state index in [1.165, 1.54) is 0 Å². The van der Waals surface area contributed by atoms with Crippen molar-refractivity contribution in [2.75, 3.05) is 6.61 Å². The highest BCUT2D eigenvalue weighted by Gasteiger charge is 2.07. The number of hydrogen-bond acceptors (Lipinski definition) is 2. The Kier molecular flexibility index (Phi) is 8.97. The number of ether oxygens (including phenoxy) is 1. The Morgan fingerprint density at radius 2 is 2.00 bits per heavy atom. The SMILES string of the molecule is CCCCOC(=O)CC(C)C=CCC(C)C. The van der Waals surface area contributed by atoms with E-state index >= 15 is 0 Å². The van der Waals surface area contributed by atoms with Crippen molar-refractivity contribution in [3.05, 3.63) is 12.2 Å². The molecule has 2 heteroatoms. The molecule has 0 fully saturated rings. The van der Waals surface area contributed by atoms with E-state index in [4.69, 9.17) is 4.74 Å². The maximum absolute atomic E-state index is 11.4. The fourth-order valence-electron chi connectivity index (χ4n) is 1.30. The lowest BCUT2D eigenvalue weighted by atomic mass is 10.0. The van der Waals surface area contributed by atoms with E-state index in [1.54, 1.807) is 0 Å². The van der Waals surface area contributed by atoms with Crippen molar-refractivity contribution >= 4 is 5.97 Å². The molecule has 0 aliphatic carbocycles. The minimum atomic E-state index is -0.0739. The molecule has 1 unspecified atom stereocenters. The largest absolute Gasteiger partial charge is 0.466 e. The molecule has 94 valence electrons. The van der Waals surface area contributed by atoms with Crippen molar-refractivity contribution in [2.45, 2.75) is 53.4 Å². The third-order valence-electron chi connectivity index (χ3n) is 2.32. The summed E-state index contributed by atoms with van der Waals surface area (Å²) in [5, 5.41) is 0. The topological polar surface area (TPSA) is 26.3 Å². The normalized spacial score (nSPS) is 13.3. The van der Waals surface area contributed by atoms with Gasteiger partial charge in [0, 0.05) is 0 Å². The van der Waals surface area contributed by atoms with Crippen LogP contribution in [-0.4, -0.2) is 12.6 Å². The molecule has 0 radical (unpaired) electrons. The van der Waals surface area contributed by atoms with Gasteiger partial charge in [0.1, 0.15) is 0 Å². The van der Waals surface area contributed by atoms with E-state index in [9.17, 15) is 4.79 Å². The molecule has 0 amide bonds. The van der Waals surface area contributed by atoms with Gasteiger partial charge in [-0.3, -0.25) is 4.79 Å². The van der Waals surface area contributed by atoms with Crippen LogP contribution in [0.3, 0.4) is 0 Å². The Morgan fingerprint density at radius 1 is 1.31 bits per heavy atom. The van der Waals surface area contributed by atoms with Gasteiger partial charge in [0.05, 0.1) is 13.0 Å². The van der Waals surface area contributed by atoms with Gasteiger partial charge in [0.15, 0.2) is 0 Å². The summed E-state index contributed by atoms with van der Waals surface area (Å²) >= 11 is 0. The molecular weight excluding hydrogens is 200 g/mol. The number of rotatable bonds is 8. The lowest BCUT2D eigenvalue weighted by Gasteiger charge is -2.07. The Bertz CT molecular complexity index is 207. The number of unbranched alkanes of at least 4 members (excludes halogenated alkanes) is 1. The number of carbonyl (C=O) groups excluding carboxylic acids is 1. The summed E-state index contributed by atoms with van der Waals surface area (Å²) in [7, 11) is 0. The van der Waals surface area contributed by atoms with Crippen LogP contribution in [0.15, 0.2) is 12.2 Å². The van der Waals surface area contributed by atoms with E-state index in [2.05, 4.69) is 39.8 Å². The van der Waals surface area contributed by atoms with Crippen LogP contribution in [0.4, 0.5) is 0 Å². The molecule has 0 bridgehead atoms. The third-order valence-corrected chi connectivity index (χ3v) is 2.32. The number of carbonyl (C=O) groups is 1. The molecule has 0 N–H and O–H groups in total. The second kappa shape index (κ2) is 9.44. The summed E-state index contributed by atoms with van der Waals surface area (Å²) in [5.41, 5.74) is 0. The Balaban J connectivity index is 3.65. The molecule has 0 spiro atoms. The Hall–Kier alpha value is -0.790. The number of allylic oxidation sites excluding steroid dienone is 2. The van der Waals surface area contributed by atoms with Crippen LogP contribution >= 0.6 is 0 Å². The van der Waals surface area contributed by atoms with Gasteiger partial charge in [-0.1, -0.05) is 46.3 Å². The summed E-state index contributed by atoms with van der Waals surface area (Å²) in [6.45, 7) is 9.09. The van der Waals surface area contributed by atoms with Gasteiger partial charge >= 0.3 is 5.97 Å². The summed E-state index contributed by atoms with van der Waals surface area (Å²) in [6.07, 6.45) is 7.88. The van der Waals surface area contributed by atoms with E-state index in [0.717, 1.165) is 19.3 Å². The van der Waals surface area contributed by atoms with Crippen LogP contribution in [0, 0.1) is 11.8 Å². The first-order valence-electron chi connectivity index (χ1n) is 6.38. The van der Waals surface area contributed by atoms with Gasteiger partial charge in [-0.2, -0.15) is 0 Å². The predicted octanol–water partition coefficient (Wildman–Crippen LogP) is 3.96. The first-order chi connectivity index (χ1) is 7.56. The highest BCUT2D eigenvalue weighted by Crippen LogP contribution is 2.08. The van der Waals surface area contributed by atoms with E-state index in [0.29, 0.717) is 18.9 Å². The highest BCUT2D eigenvalue weighted by atomic mass is 16.5. The summed E-state index contributed by atoms with van der Waals surface area (Å²) in [5.74, 6) is 0.892. The molecular formula is C14H26O2. The Labute approximate surface area is 100 Å². The standard InChI is InChI=1S/C14H26O2/c1-5-6-10-16-14(15)11-13(4)9-7-8-12(2)3/h7,9,12-13H,5-6,8,10-11H2,1-4H3. The van der Waals surface area contributed by atoms with Gasteiger partial charge in [0.2, 0.25) is 0 Å². The predicted molar refractivity (Wildman–Crippen MR) is 68.2 cm³/mol. The highest BCUT2D eigenvalue weighted by molar-refractivity contribution is 5.69. The van der Waals surface area contributed by atoms with Gasteiger partial charge < -0.3 is 4.74 Å². The zero-order chi connectivity index (χ0) is 12.4. The molecule has 0 heterocycles. The first kappa shape index (κ1) is 15.2. The quantitative estimate of drug-likeness (QED) is 0.356. The molecule has 1 atom stereocenters. The zero-order valence-electron chi connectivity index (χ0n) is 11.2. The molecule has 16 heavy (non-hydrogen) atoms. The maximum atomic E-state index is 11.4. The van der Waals surface area contributed by atoms with E-state index in [1.807, 2.05) is 0 Å². The van der Waals surface area contributed by atoms with Gasteiger partial charge in [-0.05, 0) is 24.7 Å². The van der Waals surface area contributed by atoms with E-state index < -0.39 is 0 Å². The van der Waals surface area contributed by atoms with Crippen molar-refractivity contribution < 1.29 is 9.53 Å². The minimum Gasteiger partial charge on any atom is -0.466 e. The first-order valence-corrected chi connectivity index (χ1v) is 6.38. The fourth-order valence-corrected chi connectivity index (χ4v) is 1.30. The van der Waals surface area contributed by atoms with E-state index in [-0.39, 0.29) is 11.9 Å². The monoisotopic (exact) mass is 226 g/mol. The number of hydrogen-bond donors (Lipinski definition) is 0. The average molecular weight is 226 g/mol. The van der Waals surface area contributed by atoms with Gasteiger partial charge in [-0.25, -0.2) is 0 Å². The minimum absolute atomic E-state index is 0.0739. The van der Waals surface area contributed by atoms with Crippen molar-refractivity contribution in [3.8, 4) is 0 Å². The molecule has 0 rings (SSSR count). The van der Waals surface area contributed by atoms with Crippen LogP contribution in [0.5, 0.6) is 0 Å². The zero-order valence-corrected chi connectivity index (χ0v) is 11.2. The lowest BCUT2D eigenvalue weighted by molar-refractivity contribution is -0.144. The average Bonchev–Trinajstić information content (AvgIpc) is 2.17. The fraction of sp³-hybridized carbons (Fsp3) is 0.786. The van der Waals surface area contributed by atoms with Crippen LogP contribution in [-0.2, 0) is 9.53 Å². The molecule has 0 aliphatic heterocycles. The maximum Gasteiger partial charge on any atom is 0.306 e. The molecule has 0 saturated carbocycles. The van der Waals surface area contributed by atoms with Gasteiger partial charge in [0.25, 0.3) is 0 Å². The van der Waals surface area contributed by atoms with Crippen LogP contribution in [0.2, 0.25) is 0 Å². The molecule has 0 aromatic rings. The van der Waals surface area contributed by atoms with Gasteiger partial charge in [-0.15, -0.1) is 0 Å². The molecule has 0 saturated heterocycles. The van der Waals surface area contributed by atoms with Crippen molar-refractivity contribution in [1.29, 1.82) is 0 Å². The molecule has 0 aromatic heterocycles. The lowest BCUT2D eigenvalue weighted by Crippen LogP contribution is -2.09. The number of esters is 1. The van der Waals surface area contributed by atoms with Crippen LogP contribution in [0.25, 0.3) is 0 Å². The van der Waals surface area contributed by atoms with Crippen molar-refractivity contribution in [1.82, 2.24) is 0 Å².